The van der Waals surface area contributed by atoms with Gasteiger partial charge in [-0.15, -0.1) is 0 Å². The first-order valence-corrected chi connectivity index (χ1v) is 9.40. The minimum atomic E-state index is -4.48. The molecule has 0 aliphatic carbocycles. The Bertz CT molecular complexity index is 1120. The molecule has 4 rings (SSSR count). The van der Waals surface area contributed by atoms with Crippen LogP contribution in [0.5, 0.6) is 11.6 Å². The Hall–Kier alpha value is -3.82. The highest BCUT2D eigenvalue weighted by molar-refractivity contribution is 6.03. The van der Waals surface area contributed by atoms with Gasteiger partial charge in [-0.1, -0.05) is 6.07 Å². The summed E-state index contributed by atoms with van der Waals surface area (Å²) < 4.78 is 44.4. The van der Waals surface area contributed by atoms with Crippen molar-refractivity contribution in [3.8, 4) is 11.6 Å². The number of alkyl halides is 3. The molecule has 0 radical (unpaired) electrons. The Morgan fingerprint density at radius 1 is 1.13 bits per heavy atom. The molecule has 2 N–H and O–H groups in total. The van der Waals surface area contributed by atoms with Crippen molar-refractivity contribution in [2.45, 2.75) is 12.6 Å². The van der Waals surface area contributed by atoms with Gasteiger partial charge >= 0.3 is 12.2 Å². The zero-order valence-corrected chi connectivity index (χ0v) is 16.4. The van der Waals surface area contributed by atoms with Gasteiger partial charge in [0.05, 0.1) is 5.56 Å². The number of anilines is 3. The highest BCUT2D eigenvalue weighted by atomic mass is 19.4. The molecule has 1 aromatic heterocycles. The summed E-state index contributed by atoms with van der Waals surface area (Å²) in [6, 6.07) is 11.0. The molecule has 3 aromatic rings. The second kappa shape index (κ2) is 8.13. The number of fused-ring (bicyclic) bond motifs is 1. The molecule has 2 aromatic carbocycles. The summed E-state index contributed by atoms with van der Waals surface area (Å²) in [5.41, 5.74) is 0.826. The summed E-state index contributed by atoms with van der Waals surface area (Å²) in [4.78, 5) is 22.2. The number of benzene rings is 2. The number of hydrogen-bond donors (Lipinski definition) is 2. The van der Waals surface area contributed by atoms with Gasteiger partial charge in [-0.2, -0.15) is 13.2 Å². The normalized spacial score (nSPS) is 13.0. The van der Waals surface area contributed by atoms with Crippen LogP contribution in [0.4, 0.5) is 35.2 Å². The van der Waals surface area contributed by atoms with Gasteiger partial charge in [0.2, 0.25) is 5.88 Å². The Morgan fingerprint density at radius 3 is 2.74 bits per heavy atom. The monoisotopic (exact) mass is 429 g/mol. The van der Waals surface area contributed by atoms with Crippen LogP contribution in [0.1, 0.15) is 11.1 Å². The lowest BCUT2D eigenvalue weighted by Crippen LogP contribution is -2.33. The van der Waals surface area contributed by atoms with Crippen LogP contribution in [-0.4, -0.2) is 29.6 Å². The van der Waals surface area contributed by atoms with Gasteiger partial charge in [-0.3, -0.25) is 4.90 Å². The fourth-order valence-corrected chi connectivity index (χ4v) is 3.27. The molecule has 160 valence electrons. The average Bonchev–Trinajstić information content (AvgIpc) is 3.17. The van der Waals surface area contributed by atoms with Crippen LogP contribution in [0.2, 0.25) is 0 Å². The molecule has 2 heterocycles. The Kier molecular flexibility index (Phi) is 5.37. The smallest absolute Gasteiger partial charge is 0.416 e. The molecule has 0 unspecified atom stereocenters. The summed E-state index contributed by atoms with van der Waals surface area (Å²) in [6.45, 7) is 0.404. The van der Waals surface area contributed by atoms with Crippen LogP contribution >= 0.6 is 0 Å². The third-order valence-corrected chi connectivity index (χ3v) is 4.75. The number of aromatic nitrogens is 2. The molecule has 0 saturated heterocycles. The number of hydrogen-bond acceptors (Lipinski definition) is 5. The van der Waals surface area contributed by atoms with Crippen molar-refractivity contribution in [2.75, 3.05) is 29.1 Å². The van der Waals surface area contributed by atoms with Crippen molar-refractivity contribution < 1.29 is 22.7 Å². The quantitative estimate of drug-likeness (QED) is 0.615. The maximum Gasteiger partial charge on any atom is 0.416 e. The number of carbonyl (C=O) groups is 1. The Labute approximate surface area is 175 Å². The van der Waals surface area contributed by atoms with E-state index in [-0.39, 0.29) is 5.69 Å². The lowest BCUT2D eigenvalue weighted by molar-refractivity contribution is -0.137. The predicted molar refractivity (Wildman–Crippen MR) is 110 cm³/mol. The first-order chi connectivity index (χ1) is 14.8. The number of amides is 2. The predicted octanol–water partition coefficient (Wildman–Crippen LogP) is 4.92. The van der Waals surface area contributed by atoms with E-state index in [0.29, 0.717) is 36.1 Å². The van der Waals surface area contributed by atoms with Crippen LogP contribution in [0.3, 0.4) is 0 Å². The van der Waals surface area contributed by atoms with Crippen molar-refractivity contribution in [1.82, 2.24) is 9.97 Å². The summed E-state index contributed by atoms with van der Waals surface area (Å²) >= 11 is 0. The highest BCUT2D eigenvalue weighted by Gasteiger charge is 2.31. The lowest BCUT2D eigenvalue weighted by atomic mass is 10.1. The number of carbonyl (C=O) groups excluding carboxylic acids is 1. The van der Waals surface area contributed by atoms with E-state index < -0.39 is 17.8 Å². The molecule has 1 aliphatic heterocycles. The van der Waals surface area contributed by atoms with Gasteiger partial charge in [-0.05, 0) is 48.4 Å². The third-order valence-electron chi connectivity index (χ3n) is 4.75. The summed E-state index contributed by atoms with van der Waals surface area (Å²) in [5.74, 6) is 1.54. The molecule has 31 heavy (non-hydrogen) atoms. The van der Waals surface area contributed by atoms with E-state index in [1.54, 1.807) is 25.2 Å². The number of nitrogens with one attached hydrogen (secondary N) is 2. The van der Waals surface area contributed by atoms with Gasteiger partial charge in [0, 0.05) is 31.0 Å². The molecular formula is C21H18F3N5O2. The number of ether oxygens (including phenoxy) is 1. The minimum absolute atomic E-state index is 0.0809. The van der Waals surface area contributed by atoms with E-state index in [2.05, 4.69) is 20.6 Å². The molecule has 0 saturated carbocycles. The Morgan fingerprint density at radius 2 is 1.97 bits per heavy atom. The van der Waals surface area contributed by atoms with Crippen molar-refractivity contribution in [3.05, 3.63) is 66.0 Å². The van der Waals surface area contributed by atoms with Crippen molar-refractivity contribution >= 4 is 23.2 Å². The molecule has 7 nitrogen and oxygen atoms in total. The van der Waals surface area contributed by atoms with Gasteiger partial charge in [-0.25, -0.2) is 14.8 Å². The second-order valence-corrected chi connectivity index (χ2v) is 6.79. The fourth-order valence-electron chi connectivity index (χ4n) is 3.27. The van der Waals surface area contributed by atoms with Gasteiger partial charge < -0.3 is 15.4 Å². The van der Waals surface area contributed by atoms with Crippen molar-refractivity contribution in [1.29, 1.82) is 0 Å². The first kappa shape index (κ1) is 20.5. The van der Waals surface area contributed by atoms with E-state index in [4.69, 9.17) is 4.74 Å². The van der Waals surface area contributed by atoms with Crippen LogP contribution in [0.15, 0.2) is 54.9 Å². The second-order valence-electron chi connectivity index (χ2n) is 6.79. The van der Waals surface area contributed by atoms with Crippen LogP contribution < -0.4 is 20.3 Å². The van der Waals surface area contributed by atoms with Crippen molar-refractivity contribution in [2.24, 2.45) is 0 Å². The van der Waals surface area contributed by atoms with E-state index in [1.807, 2.05) is 6.07 Å². The topological polar surface area (TPSA) is 79.4 Å². The molecule has 1 aliphatic rings. The fraction of sp³-hybridized carbons (Fsp3) is 0.190. The standard InChI is InChI=1S/C21H18F3N5O2/c1-25-18-11-19(27-12-26-18)31-16-5-6-17-13(9-16)7-8-29(17)20(30)28-15-4-2-3-14(10-15)21(22,23)24/h2-6,9-12H,7-8H2,1H3,(H,28,30)(H,25,26,27). The number of urea groups is 1. The Balaban J connectivity index is 1.48. The molecule has 0 bridgehead atoms. The first-order valence-electron chi connectivity index (χ1n) is 9.40. The van der Waals surface area contributed by atoms with E-state index in [0.717, 1.165) is 17.7 Å². The van der Waals surface area contributed by atoms with Crippen LogP contribution in [0, 0.1) is 0 Å². The van der Waals surface area contributed by atoms with E-state index >= 15 is 0 Å². The minimum Gasteiger partial charge on any atom is -0.439 e. The van der Waals surface area contributed by atoms with Crippen LogP contribution in [0.25, 0.3) is 0 Å². The molecule has 0 spiro atoms. The summed E-state index contributed by atoms with van der Waals surface area (Å²) in [6.07, 6.45) is -2.50. The third kappa shape index (κ3) is 4.52. The number of rotatable bonds is 4. The maximum atomic E-state index is 12.9. The average molecular weight is 429 g/mol. The molecule has 2 amide bonds. The molecule has 0 fully saturated rings. The molecule has 0 atom stereocenters. The molecular weight excluding hydrogens is 411 g/mol. The highest BCUT2D eigenvalue weighted by Crippen LogP contribution is 2.34. The largest absolute Gasteiger partial charge is 0.439 e. The zero-order valence-electron chi connectivity index (χ0n) is 16.4. The zero-order chi connectivity index (χ0) is 22.0. The molecule has 10 heteroatoms. The number of nitrogens with zero attached hydrogens (tertiary/aromatic N) is 3. The lowest BCUT2D eigenvalue weighted by Gasteiger charge is -2.19. The summed E-state index contributed by atoms with van der Waals surface area (Å²) in [5, 5.41) is 5.44. The van der Waals surface area contributed by atoms with E-state index in [9.17, 15) is 18.0 Å². The SMILES string of the molecule is CNc1cc(Oc2ccc3c(c2)CCN3C(=O)Nc2cccc(C(F)(F)F)c2)ncn1. The maximum absolute atomic E-state index is 12.9. The van der Waals surface area contributed by atoms with E-state index in [1.165, 1.54) is 23.4 Å². The van der Waals surface area contributed by atoms with Crippen molar-refractivity contribution in [3.63, 3.8) is 0 Å². The van der Waals surface area contributed by atoms with Gasteiger partial charge in [0.25, 0.3) is 0 Å². The van der Waals surface area contributed by atoms with Gasteiger partial charge in [0.1, 0.15) is 17.9 Å². The summed E-state index contributed by atoms with van der Waals surface area (Å²) in [7, 11) is 1.74. The van der Waals surface area contributed by atoms with Gasteiger partial charge in [0.15, 0.2) is 0 Å². The number of halogens is 3. The van der Waals surface area contributed by atoms with Crippen LogP contribution in [-0.2, 0) is 12.6 Å².